The van der Waals surface area contributed by atoms with E-state index < -0.39 is 0 Å². The Bertz CT molecular complexity index is 53.0. The molecule has 0 aliphatic heterocycles. The zero-order valence-corrected chi connectivity index (χ0v) is 6.31. The summed E-state index contributed by atoms with van der Waals surface area (Å²) in [4.78, 5) is 0. The molecule has 1 N–H and O–H groups in total. The summed E-state index contributed by atoms with van der Waals surface area (Å²) in [6, 6.07) is 0. The topological polar surface area (TPSA) is 30.5 Å². The Morgan fingerprint density at radius 1 is 1.56 bits per heavy atom. The Morgan fingerprint density at radius 2 is 2.22 bits per heavy atom. The summed E-state index contributed by atoms with van der Waals surface area (Å²) in [5.74, 6) is 0. The number of methoxy groups -OCH3 is 1. The molecule has 0 saturated heterocycles. The number of likely N-dealkylation sites (N-methyl/N-ethyl adjacent to an activating group) is 1. The normalized spacial score (nSPS) is 13.7. The van der Waals surface area contributed by atoms with Crippen LogP contribution in [0.2, 0.25) is 0 Å². The lowest BCUT2D eigenvalue weighted by Crippen LogP contribution is -2.28. The first-order valence-electron chi connectivity index (χ1n) is 3.14. The quantitative estimate of drug-likeness (QED) is 0.544. The average molecular weight is 133 g/mol. The van der Waals surface area contributed by atoms with Gasteiger partial charge in [0.1, 0.15) is 0 Å². The van der Waals surface area contributed by atoms with Crippen LogP contribution in [0, 0.1) is 0 Å². The van der Waals surface area contributed by atoms with Crippen molar-refractivity contribution in [2.24, 2.45) is 0 Å². The van der Waals surface area contributed by atoms with E-state index in [0.29, 0.717) is 6.61 Å². The van der Waals surface area contributed by atoms with Gasteiger partial charge in [-0.15, -0.1) is 0 Å². The molecule has 3 nitrogen and oxygen atoms in total. The number of hydrogen-bond donors (Lipinski definition) is 1. The third-order valence-electron chi connectivity index (χ3n) is 0.986. The summed E-state index contributed by atoms with van der Waals surface area (Å²) in [6.45, 7) is 3.38. The van der Waals surface area contributed by atoms with Crippen LogP contribution in [0.5, 0.6) is 0 Å². The van der Waals surface area contributed by atoms with Crippen LogP contribution in [0.15, 0.2) is 0 Å². The molecule has 0 saturated carbocycles. The van der Waals surface area contributed by atoms with Gasteiger partial charge in [-0.3, -0.25) is 0 Å². The minimum atomic E-state index is -0.0972. The van der Waals surface area contributed by atoms with Gasteiger partial charge in [-0.05, 0) is 14.0 Å². The minimum absolute atomic E-state index is 0.0972. The Hall–Kier alpha value is -0.120. The molecule has 56 valence electrons. The summed E-state index contributed by atoms with van der Waals surface area (Å²) in [5, 5.41) is 2.95. The van der Waals surface area contributed by atoms with Gasteiger partial charge in [-0.2, -0.15) is 0 Å². The standard InChI is InChI=1S/C6H15NO2/c1-4-9-6(8-3)5-7-2/h6-7H,4-5H2,1-3H3. The summed E-state index contributed by atoms with van der Waals surface area (Å²) < 4.78 is 10.1. The minimum Gasteiger partial charge on any atom is -0.355 e. The third-order valence-corrected chi connectivity index (χ3v) is 0.986. The molecule has 1 atom stereocenters. The molecule has 3 heteroatoms. The van der Waals surface area contributed by atoms with Crippen molar-refractivity contribution in [3.05, 3.63) is 0 Å². The first-order valence-corrected chi connectivity index (χ1v) is 3.14. The first kappa shape index (κ1) is 8.88. The van der Waals surface area contributed by atoms with Gasteiger partial charge in [0.2, 0.25) is 0 Å². The molecule has 0 spiro atoms. The Labute approximate surface area is 56.3 Å². The predicted octanol–water partition coefficient (Wildman–Crippen LogP) is 0.215. The third kappa shape index (κ3) is 4.39. The molecule has 1 unspecified atom stereocenters. The van der Waals surface area contributed by atoms with E-state index in [1.807, 2.05) is 14.0 Å². The highest BCUT2D eigenvalue weighted by Gasteiger charge is 2.01. The van der Waals surface area contributed by atoms with Crippen LogP contribution in [-0.4, -0.2) is 33.6 Å². The second-order valence-corrected chi connectivity index (χ2v) is 1.68. The maximum absolute atomic E-state index is 5.15. The lowest BCUT2D eigenvalue weighted by Gasteiger charge is -2.13. The van der Waals surface area contributed by atoms with Gasteiger partial charge in [0.15, 0.2) is 6.29 Å². The average Bonchev–Trinajstić information content (AvgIpc) is 1.88. The Balaban J connectivity index is 3.18. The number of rotatable bonds is 5. The molecule has 0 bridgehead atoms. The molecule has 0 aromatic rings. The van der Waals surface area contributed by atoms with Crippen LogP contribution in [-0.2, 0) is 9.47 Å². The molecular weight excluding hydrogens is 118 g/mol. The second kappa shape index (κ2) is 6.01. The highest BCUT2D eigenvalue weighted by Crippen LogP contribution is 1.88. The Morgan fingerprint density at radius 3 is 2.56 bits per heavy atom. The van der Waals surface area contributed by atoms with E-state index in [-0.39, 0.29) is 6.29 Å². The van der Waals surface area contributed by atoms with E-state index in [0.717, 1.165) is 6.54 Å². The van der Waals surface area contributed by atoms with Crippen molar-refractivity contribution in [3.8, 4) is 0 Å². The number of hydrogen-bond acceptors (Lipinski definition) is 3. The van der Waals surface area contributed by atoms with Crippen molar-refractivity contribution in [1.82, 2.24) is 5.32 Å². The van der Waals surface area contributed by atoms with Gasteiger partial charge >= 0.3 is 0 Å². The molecule has 0 heterocycles. The summed E-state index contributed by atoms with van der Waals surface area (Å²) in [5.41, 5.74) is 0. The second-order valence-electron chi connectivity index (χ2n) is 1.68. The maximum Gasteiger partial charge on any atom is 0.169 e. The SMILES string of the molecule is CCOC(CNC)OC. The molecular formula is C6H15NO2. The fourth-order valence-electron chi connectivity index (χ4n) is 0.563. The zero-order valence-electron chi connectivity index (χ0n) is 6.31. The van der Waals surface area contributed by atoms with E-state index in [4.69, 9.17) is 9.47 Å². The highest BCUT2D eigenvalue weighted by atomic mass is 16.7. The van der Waals surface area contributed by atoms with Gasteiger partial charge in [0.25, 0.3) is 0 Å². The molecule has 0 fully saturated rings. The fraction of sp³-hybridized carbons (Fsp3) is 1.00. The van der Waals surface area contributed by atoms with Crippen molar-refractivity contribution >= 4 is 0 Å². The van der Waals surface area contributed by atoms with Crippen molar-refractivity contribution < 1.29 is 9.47 Å². The van der Waals surface area contributed by atoms with Crippen LogP contribution >= 0.6 is 0 Å². The summed E-state index contributed by atoms with van der Waals surface area (Å²) in [7, 11) is 3.50. The van der Waals surface area contributed by atoms with Gasteiger partial charge in [0, 0.05) is 20.3 Å². The predicted molar refractivity (Wildman–Crippen MR) is 36.3 cm³/mol. The molecule has 9 heavy (non-hydrogen) atoms. The molecule has 0 aromatic carbocycles. The van der Waals surface area contributed by atoms with E-state index in [9.17, 15) is 0 Å². The summed E-state index contributed by atoms with van der Waals surface area (Å²) >= 11 is 0. The van der Waals surface area contributed by atoms with Crippen molar-refractivity contribution in [3.63, 3.8) is 0 Å². The van der Waals surface area contributed by atoms with E-state index in [1.165, 1.54) is 0 Å². The van der Waals surface area contributed by atoms with Crippen LogP contribution in [0.4, 0.5) is 0 Å². The van der Waals surface area contributed by atoms with E-state index in [1.54, 1.807) is 7.11 Å². The monoisotopic (exact) mass is 133 g/mol. The highest BCUT2D eigenvalue weighted by molar-refractivity contribution is 4.43. The molecule has 0 rings (SSSR count). The van der Waals surface area contributed by atoms with Crippen LogP contribution < -0.4 is 5.32 Å². The van der Waals surface area contributed by atoms with Crippen LogP contribution in [0.3, 0.4) is 0 Å². The van der Waals surface area contributed by atoms with Crippen molar-refractivity contribution in [2.45, 2.75) is 13.2 Å². The van der Waals surface area contributed by atoms with Crippen molar-refractivity contribution in [1.29, 1.82) is 0 Å². The van der Waals surface area contributed by atoms with Gasteiger partial charge in [-0.25, -0.2) is 0 Å². The first-order chi connectivity index (χ1) is 4.35. The van der Waals surface area contributed by atoms with Gasteiger partial charge in [-0.1, -0.05) is 0 Å². The molecule has 0 aliphatic rings. The van der Waals surface area contributed by atoms with Gasteiger partial charge < -0.3 is 14.8 Å². The molecule has 0 radical (unpaired) electrons. The Kier molecular flexibility index (Phi) is 5.93. The maximum atomic E-state index is 5.15. The van der Waals surface area contributed by atoms with Crippen molar-refractivity contribution in [2.75, 3.05) is 27.3 Å². The lowest BCUT2D eigenvalue weighted by molar-refractivity contribution is -0.116. The molecule has 0 amide bonds. The van der Waals surface area contributed by atoms with Gasteiger partial charge in [0.05, 0.1) is 0 Å². The number of nitrogens with one attached hydrogen (secondary N) is 1. The fourth-order valence-corrected chi connectivity index (χ4v) is 0.563. The summed E-state index contributed by atoms with van der Waals surface area (Å²) in [6.07, 6.45) is -0.0972. The van der Waals surface area contributed by atoms with Crippen LogP contribution in [0.1, 0.15) is 6.92 Å². The number of ether oxygens (including phenoxy) is 2. The smallest absolute Gasteiger partial charge is 0.169 e. The zero-order chi connectivity index (χ0) is 7.11. The van der Waals surface area contributed by atoms with Crippen LogP contribution in [0.25, 0.3) is 0 Å². The largest absolute Gasteiger partial charge is 0.355 e. The molecule has 0 aromatic heterocycles. The molecule has 0 aliphatic carbocycles. The van der Waals surface area contributed by atoms with E-state index in [2.05, 4.69) is 5.32 Å². The lowest BCUT2D eigenvalue weighted by atomic mass is 10.6. The van der Waals surface area contributed by atoms with E-state index >= 15 is 0 Å².